The Bertz CT molecular complexity index is 868. The van der Waals surface area contributed by atoms with Crippen LogP contribution in [0.5, 0.6) is 5.75 Å². The fourth-order valence-corrected chi connectivity index (χ4v) is 3.78. The summed E-state index contributed by atoms with van der Waals surface area (Å²) in [7, 11) is 1.36. The van der Waals surface area contributed by atoms with Gasteiger partial charge < -0.3 is 14.8 Å². The first-order chi connectivity index (χ1) is 12.6. The summed E-state index contributed by atoms with van der Waals surface area (Å²) in [5.74, 6) is 0.409. The molecule has 2 aliphatic heterocycles. The zero-order valence-electron chi connectivity index (χ0n) is 14.7. The van der Waals surface area contributed by atoms with E-state index in [0.717, 1.165) is 37.1 Å². The van der Waals surface area contributed by atoms with Gasteiger partial charge in [0.1, 0.15) is 11.4 Å². The maximum atomic E-state index is 12.8. The second-order valence-corrected chi connectivity index (χ2v) is 6.92. The monoisotopic (exact) mass is 351 g/mol. The Hall–Kier alpha value is -2.66. The van der Waals surface area contributed by atoms with E-state index in [2.05, 4.69) is 5.32 Å². The molecule has 2 aliphatic rings. The van der Waals surface area contributed by atoms with Gasteiger partial charge in [0, 0.05) is 12.8 Å². The molecule has 4 rings (SSSR count). The van der Waals surface area contributed by atoms with Crippen LogP contribution in [0.25, 0.3) is 11.1 Å². The molecule has 1 N–H and O–H groups in total. The number of esters is 1. The number of hydrogen-bond donors (Lipinski definition) is 1. The van der Waals surface area contributed by atoms with Crippen LogP contribution in [0.15, 0.2) is 42.5 Å². The normalized spacial score (nSPS) is 18.1. The van der Waals surface area contributed by atoms with E-state index in [4.69, 9.17) is 9.47 Å². The molecule has 2 aromatic rings. The van der Waals surface area contributed by atoms with Crippen molar-refractivity contribution in [3.63, 3.8) is 0 Å². The van der Waals surface area contributed by atoms with Gasteiger partial charge in [0.15, 0.2) is 5.78 Å². The average molecular weight is 351 g/mol. The summed E-state index contributed by atoms with van der Waals surface area (Å²) in [5, 5.41) is 3.32. The number of carbonyl (C=O) groups excluding carboxylic acids is 2. The minimum absolute atomic E-state index is 0.124. The van der Waals surface area contributed by atoms with Crippen LogP contribution < -0.4 is 10.1 Å². The van der Waals surface area contributed by atoms with Gasteiger partial charge in [-0.25, -0.2) is 4.79 Å². The summed E-state index contributed by atoms with van der Waals surface area (Å²) in [5.41, 5.74) is 2.49. The van der Waals surface area contributed by atoms with Gasteiger partial charge in [0.05, 0.1) is 24.7 Å². The molecule has 1 spiro atoms. The number of hydrogen-bond acceptors (Lipinski definition) is 5. The molecule has 0 unspecified atom stereocenters. The van der Waals surface area contributed by atoms with Crippen LogP contribution in [0.3, 0.4) is 0 Å². The summed E-state index contributed by atoms with van der Waals surface area (Å²) >= 11 is 0. The molecule has 2 aromatic carbocycles. The Kier molecular flexibility index (Phi) is 4.24. The zero-order valence-corrected chi connectivity index (χ0v) is 14.7. The molecule has 1 fully saturated rings. The van der Waals surface area contributed by atoms with Gasteiger partial charge in [-0.15, -0.1) is 0 Å². The lowest BCUT2D eigenvalue weighted by atomic mass is 9.82. The molecule has 1 saturated heterocycles. The van der Waals surface area contributed by atoms with Gasteiger partial charge in [-0.3, -0.25) is 4.79 Å². The number of carbonyl (C=O) groups is 2. The fourth-order valence-electron chi connectivity index (χ4n) is 3.78. The van der Waals surface area contributed by atoms with Gasteiger partial charge in [0.25, 0.3) is 0 Å². The second kappa shape index (κ2) is 6.57. The fraction of sp³-hybridized carbons (Fsp3) is 0.333. The molecule has 2 heterocycles. The van der Waals surface area contributed by atoms with E-state index in [1.54, 1.807) is 12.1 Å². The second-order valence-electron chi connectivity index (χ2n) is 6.92. The van der Waals surface area contributed by atoms with Crippen LogP contribution in [0.1, 0.15) is 40.0 Å². The molecule has 5 nitrogen and oxygen atoms in total. The summed E-state index contributed by atoms with van der Waals surface area (Å²) in [6.07, 6.45) is 2.12. The van der Waals surface area contributed by atoms with E-state index in [1.165, 1.54) is 7.11 Å². The maximum absolute atomic E-state index is 12.8. The van der Waals surface area contributed by atoms with Gasteiger partial charge in [-0.05, 0) is 48.5 Å². The third kappa shape index (κ3) is 2.99. The van der Waals surface area contributed by atoms with Crippen molar-refractivity contribution in [1.82, 2.24) is 5.32 Å². The standard InChI is InChI=1S/C21H21NO4/c1-25-20(24)16-4-2-3-14(11-16)15-5-6-19-17(12-15)18(23)13-21(26-19)7-9-22-10-8-21/h2-6,11-12,22H,7-10,13H2,1H3. The van der Waals surface area contributed by atoms with Crippen molar-refractivity contribution >= 4 is 11.8 Å². The Morgan fingerprint density at radius 2 is 1.88 bits per heavy atom. The lowest BCUT2D eigenvalue weighted by Gasteiger charge is -2.41. The van der Waals surface area contributed by atoms with E-state index in [1.807, 2.05) is 30.3 Å². The molecule has 0 saturated carbocycles. The molecule has 0 amide bonds. The molecule has 0 atom stereocenters. The first-order valence-corrected chi connectivity index (χ1v) is 8.86. The highest BCUT2D eigenvalue weighted by atomic mass is 16.5. The first-order valence-electron chi connectivity index (χ1n) is 8.86. The van der Waals surface area contributed by atoms with E-state index in [9.17, 15) is 9.59 Å². The summed E-state index contributed by atoms with van der Waals surface area (Å²) in [4.78, 5) is 24.5. The quantitative estimate of drug-likeness (QED) is 0.842. The number of benzene rings is 2. The van der Waals surface area contributed by atoms with Crippen LogP contribution in [-0.2, 0) is 4.74 Å². The molecule has 0 aliphatic carbocycles. The van der Waals surface area contributed by atoms with Crippen LogP contribution in [-0.4, -0.2) is 37.6 Å². The SMILES string of the molecule is COC(=O)c1cccc(-c2ccc3c(c2)C(=O)CC2(CCNCC2)O3)c1. The molecule has 26 heavy (non-hydrogen) atoms. The highest BCUT2D eigenvalue weighted by molar-refractivity contribution is 6.01. The summed E-state index contributed by atoms with van der Waals surface area (Å²) in [6, 6.07) is 12.9. The van der Waals surface area contributed by atoms with Crippen molar-refractivity contribution in [3.05, 3.63) is 53.6 Å². The summed E-state index contributed by atoms with van der Waals surface area (Å²) < 4.78 is 11.0. The number of ketones is 1. The van der Waals surface area contributed by atoms with Crippen molar-refractivity contribution in [1.29, 1.82) is 0 Å². The van der Waals surface area contributed by atoms with Gasteiger partial charge in [-0.1, -0.05) is 18.2 Å². The predicted molar refractivity (Wildman–Crippen MR) is 97.6 cm³/mol. The van der Waals surface area contributed by atoms with Crippen molar-refractivity contribution < 1.29 is 19.1 Å². The molecule has 134 valence electrons. The lowest BCUT2D eigenvalue weighted by molar-refractivity contribution is 0.0187. The largest absolute Gasteiger partial charge is 0.486 e. The number of piperidine rings is 1. The van der Waals surface area contributed by atoms with E-state index >= 15 is 0 Å². The molecule has 5 heteroatoms. The van der Waals surface area contributed by atoms with Gasteiger partial charge in [0.2, 0.25) is 0 Å². The maximum Gasteiger partial charge on any atom is 0.337 e. The van der Waals surface area contributed by atoms with Crippen LogP contribution in [0.4, 0.5) is 0 Å². The van der Waals surface area contributed by atoms with Crippen molar-refractivity contribution in [2.24, 2.45) is 0 Å². The molecular formula is C21H21NO4. The Morgan fingerprint density at radius 3 is 2.65 bits per heavy atom. The minimum Gasteiger partial charge on any atom is -0.486 e. The summed E-state index contributed by atoms with van der Waals surface area (Å²) in [6.45, 7) is 1.75. The molecule has 0 aromatic heterocycles. The molecule has 0 bridgehead atoms. The number of Topliss-reactive ketones (excluding diaryl/α,β-unsaturated/α-hetero) is 1. The van der Waals surface area contributed by atoms with Crippen LogP contribution in [0.2, 0.25) is 0 Å². The molecule has 0 radical (unpaired) electrons. The van der Waals surface area contributed by atoms with E-state index in [-0.39, 0.29) is 17.4 Å². The molecular weight excluding hydrogens is 330 g/mol. The van der Waals surface area contributed by atoms with Gasteiger partial charge in [-0.2, -0.15) is 0 Å². The lowest BCUT2D eigenvalue weighted by Crippen LogP contribution is -2.49. The Balaban J connectivity index is 1.67. The average Bonchev–Trinajstić information content (AvgIpc) is 2.68. The third-order valence-corrected chi connectivity index (χ3v) is 5.22. The smallest absolute Gasteiger partial charge is 0.337 e. The van der Waals surface area contributed by atoms with E-state index < -0.39 is 0 Å². The number of nitrogens with one attached hydrogen (secondary N) is 1. The van der Waals surface area contributed by atoms with Crippen molar-refractivity contribution in [2.75, 3.05) is 20.2 Å². The zero-order chi connectivity index (χ0) is 18.1. The highest BCUT2D eigenvalue weighted by Gasteiger charge is 2.41. The number of rotatable bonds is 2. The van der Waals surface area contributed by atoms with Crippen LogP contribution >= 0.6 is 0 Å². The van der Waals surface area contributed by atoms with Crippen LogP contribution in [0, 0.1) is 0 Å². The van der Waals surface area contributed by atoms with E-state index in [0.29, 0.717) is 23.3 Å². The topological polar surface area (TPSA) is 64.6 Å². The van der Waals surface area contributed by atoms with Gasteiger partial charge >= 0.3 is 5.97 Å². The Labute approximate surface area is 152 Å². The van der Waals surface area contributed by atoms with Crippen molar-refractivity contribution in [3.8, 4) is 16.9 Å². The number of ether oxygens (including phenoxy) is 2. The Morgan fingerprint density at radius 1 is 1.12 bits per heavy atom. The first kappa shape index (κ1) is 16.8. The number of fused-ring (bicyclic) bond motifs is 1. The minimum atomic E-state index is -0.378. The highest BCUT2D eigenvalue weighted by Crippen LogP contribution is 2.39. The number of methoxy groups -OCH3 is 1. The third-order valence-electron chi connectivity index (χ3n) is 5.22. The van der Waals surface area contributed by atoms with Crippen molar-refractivity contribution in [2.45, 2.75) is 24.9 Å². The predicted octanol–water partition coefficient (Wildman–Crippen LogP) is 3.23.